The molecular formula is C20H17N3O4. The third-order valence-corrected chi connectivity index (χ3v) is 3.85. The summed E-state index contributed by atoms with van der Waals surface area (Å²) >= 11 is 0. The lowest BCUT2D eigenvalue weighted by Gasteiger charge is -2.09. The van der Waals surface area contributed by atoms with E-state index in [2.05, 4.69) is 5.32 Å². The van der Waals surface area contributed by atoms with E-state index >= 15 is 0 Å². The van der Waals surface area contributed by atoms with Gasteiger partial charge in [-0.3, -0.25) is 14.9 Å². The third kappa shape index (κ3) is 4.60. The van der Waals surface area contributed by atoms with Crippen molar-refractivity contribution in [1.29, 1.82) is 0 Å². The smallest absolute Gasteiger partial charge is 0.292 e. The van der Waals surface area contributed by atoms with E-state index in [1.54, 1.807) is 24.3 Å². The van der Waals surface area contributed by atoms with E-state index in [4.69, 9.17) is 10.5 Å². The van der Waals surface area contributed by atoms with Gasteiger partial charge in [0.25, 0.3) is 11.6 Å². The first-order valence-corrected chi connectivity index (χ1v) is 8.15. The van der Waals surface area contributed by atoms with E-state index in [1.807, 2.05) is 30.3 Å². The molecule has 0 unspecified atom stereocenters. The zero-order valence-electron chi connectivity index (χ0n) is 14.3. The lowest BCUT2D eigenvalue weighted by Crippen LogP contribution is -2.12. The highest BCUT2D eigenvalue weighted by Crippen LogP contribution is 2.23. The van der Waals surface area contributed by atoms with Gasteiger partial charge in [-0.1, -0.05) is 30.3 Å². The van der Waals surface area contributed by atoms with Gasteiger partial charge in [-0.15, -0.1) is 0 Å². The minimum absolute atomic E-state index is 0.0106. The molecule has 0 aromatic heterocycles. The van der Waals surface area contributed by atoms with Crippen LogP contribution in [-0.4, -0.2) is 10.8 Å². The summed E-state index contributed by atoms with van der Waals surface area (Å²) in [5, 5.41) is 13.6. The lowest BCUT2D eigenvalue weighted by atomic mass is 10.1. The van der Waals surface area contributed by atoms with Crippen LogP contribution in [0.5, 0.6) is 5.75 Å². The predicted octanol–water partition coefficient (Wildman–Crippen LogP) is 4.01. The number of carbonyl (C=O) groups excluding carboxylic acids is 1. The molecule has 3 aromatic rings. The molecule has 0 fully saturated rings. The van der Waals surface area contributed by atoms with Gasteiger partial charge in [0.05, 0.1) is 4.92 Å². The number of amides is 1. The van der Waals surface area contributed by atoms with Gasteiger partial charge >= 0.3 is 0 Å². The van der Waals surface area contributed by atoms with E-state index in [9.17, 15) is 14.9 Å². The molecule has 7 heteroatoms. The number of nitrogens with one attached hydrogen (secondary N) is 1. The largest absolute Gasteiger partial charge is 0.489 e. The Hall–Kier alpha value is -3.87. The number of ether oxygens (including phenoxy) is 1. The monoisotopic (exact) mass is 363 g/mol. The zero-order valence-corrected chi connectivity index (χ0v) is 14.3. The van der Waals surface area contributed by atoms with Crippen LogP contribution in [0.4, 0.5) is 17.1 Å². The lowest BCUT2D eigenvalue weighted by molar-refractivity contribution is -0.383. The molecule has 27 heavy (non-hydrogen) atoms. The number of hydrogen-bond donors (Lipinski definition) is 2. The van der Waals surface area contributed by atoms with E-state index in [0.29, 0.717) is 18.0 Å². The second-order valence-corrected chi connectivity index (χ2v) is 5.78. The number of nitrogens with two attached hydrogens (primary N) is 1. The maximum absolute atomic E-state index is 12.3. The maximum Gasteiger partial charge on any atom is 0.292 e. The molecular weight excluding hydrogens is 346 g/mol. The van der Waals surface area contributed by atoms with Crippen molar-refractivity contribution >= 4 is 23.0 Å². The molecule has 0 atom stereocenters. The molecule has 0 radical (unpaired) electrons. The van der Waals surface area contributed by atoms with Crippen LogP contribution in [-0.2, 0) is 6.61 Å². The highest BCUT2D eigenvalue weighted by Gasteiger charge is 2.15. The Morgan fingerprint density at radius 3 is 2.41 bits per heavy atom. The fourth-order valence-corrected chi connectivity index (χ4v) is 2.42. The van der Waals surface area contributed by atoms with Crippen LogP contribution in [0.25, 0.3) is 0 Å². The summed E-state index contributed by atoms with van der Waals surface area (Å²) < 4.78 is 5.69. The van der Waals surface area contributed by atoms with Gasteiger partial charge in [-0.2, -0.15) is 0 Å². The molecule has 3 rings (SSSR count). The summed E-state index contributed by atoms with van der Waals surface area (Å²) in [5.74, 6) is 0.205. The fraction of sp³-hybridized carbons (Fsp3) is 0.0500. The predicted molar refractivity (Wildman–Crippen MR) is 103 cm³/mol. The van der Waals surface area contributed by atoms with E-state index in [-0.39, 0.29) is 16.9 Å². The van der Waals surface area contributed by atoms with E-state index in [1.165, 1.54) is 12.1 Å². The van der Waals surface area contributed by atoms with Crippen LogP contribution >= 0.6 is 0 Å². The summed E-state index contributed by atoms with van der Waals surface area (Å²) in [5.41, 5.74) is 7.01. The number of benzene rings is 3. The van der Waals surface area contributed by atoms with Crippen LogP contribution in [0.3, 0.4) is 0 Å². The topological polar surface area (TPSA) is 107 Å². The second kappa shape index (κ2) is 8.01. The van der Waals surface area contributed by atoms with Gasteiger partial charge in [0.1, 0.15) is 18.0 Å². The number of carbonyl (C=O) groups is 1. The number of anilines is 2. The minimum Gasteiger partial charge on any atom is -0.489 e. The Kier molecular flexibility index (Phi) is 5.32. The first-order valence-electron chi connectivity index (χ1n) is 8.15. The van der Waals surface area contributed by atoms with E-state index < -0.39 is 10.8 Å². The number of nitro benzene ring substituents is 1. The number of hydrogen-bond acceptors (Lipinski definition) is 5. The Labute approximate surface area is 155 Å². The number of nitrogen functional groups attached to an aromatic ring is 1. The summed E-state index contributed by atoms with van der Waals surface area (Å²) in [7, 11) is 0. The number of rotatable bonds is 6. The second-order valence-electron chi connectivity index (χ2n) is 5.78. The Morgan fingerprint density at radius 1 is 1.04 bits per heavy atom. The first-order chi connectivity index (χ1) is 13.0. The third-order valence-electron chi connectivity index (χ3n) is 3.85. The molecule has 0 spiro atoms. The van der Waals surface area contributed by atoms with Crippen molar-refractivity contribution in [2.24, 2.45) is 0 Å². The van der Waals surface area contributed by atoms with Crippen molar-refractivity contribution in [2.75, 3.05) is 11.1 Å². The van der Waals surface area contributed by atoms with Crippen molar-refractivity contribution in [3.8, 4) is 5.75 Å². The van der Waals surface area contributed by atoms with Crippen LogP contribution in [0, 0.1) is 10.1 Å². The molecule has 0 aliphatic carbocycles. The number of nitrogens with zero attached hydrogens (tertiary/aromatic N) is 1. The van der Waals surface area contributed by atoms with Gasteiger partial charge in [-0.05, 0) is 42.0 Å². The van der Waals surface area contributed by atoms with Crippen molar-refractivity contribution in [3.63, 3.8) is 0 Å². The van der Waals surface area contributed by atoms with Gasteiger partial charge in [0.15, 0.2) is 0 Å². The van der Waals surface area contributed by atoms with Gasteiger partial charge in [0.2, 0.25) is 0 Å². The van der Waals surface area contributed by atoms with Gasteiger partial charge < -0.3 is 15.8 Å². The van der Waals surface area contributed by atoms with Crippen LogP contribution in [0.1, 0.15) is 15.9 Å². The molecule has 0 aliphatic heterocycles. The Balaban J connectivity index is 1.63. The Bertz CT molecular complexity index is 957. The fourth-order valence-electron chi connectivity index (χ4n) is 2.42. The van der Waals surface area contributed by atoms with Crippen molar-refractivity contribution in [3.05, 3.63) is 94.0 Å². The summed E-state index contributed by atoms with van der Waals surface area (Å²) in [6.07, 6.45) is 0. The summed E-state index contributed by atoms with van der Waals surface area (Å²) in [6, 6.07) is 20.6. The maximum atomic E-state index is 12.3. The molecule has 0 bridgehead atoms. The highest BCUT2D eigenvalue weighted by molar-refractivity contribution is 6.05. The molecule has 0 saturated heterocycles. The molecule has 1 amide bonds. The Morgan fingerprint density at radius 2 is 1.74 bits per heavy atom. The molecule has 7 nitrogen and oxygen atoms in total. The van der Waals surface area contributed by atoms with E-state index in [0.717, 1.165) is 11.6 Å². The van der Waals surface area contributed by atoms with Crippen molar-refractivity contribution in [2.45, 2.75) is 6.61 Å². The molecule has 3 N–H and O–H groups in total. The first kappa shape index (κ1) is 17.9. The zero-order chi connectivity index (χ0) is 19.2. The average Bonchev–Trinajstić information content (AvgIpc) is 2.68. The normalized spacial score (nSPS) is 10.2. The SMILES string of the molecule is Nc1ccc(C(=O)Nc2ccc(OCc3ccccc3)cc2)cc1[N+](=O)[O-]. The van der Waals surface area contributed by atoms with Gasteiger partial charge in [-0.25, -0.2) is 0 Å². The van der Waals surface area contributed by atoms with Crippen LogP contribution < -0.4 is 15.8 Å². The molecule has 0 aliphatic rings. The standard InChI is InChI=1S/C20H17N3O4/c21-18-11-6-15(12-19(18)23(25)26)20(24)22-16-7-9-17(10-8-16)27-13-14-4-2-1-3-5-14/h1-12H,13,21H2,(H,22,24). The molecule has 0 heterocycles. The quantitative estimate of drug-likeness (QED) is 0.391. The van der Waals surface area contributed by atoms with Crippen LogP contribution in [0.15, 0.2) is 72.8 Å². The highest BCUT2D eigenvalue weighted by atomic mass is 16.6. The van der Waals surface area contributed by atoms with Gasteiger partial charge in [0, 0.05) is 17.3 Å². The minimum atomic E-state index is -0.620. The number of nitro groups is 1. The molecule has 136 valence electrons. The summed E-state index contributed by atoms with van der Waals surface area (Å²) in [6.45, 7) is 0.446. The average molecular weight is 363 g/mol. The van der Waals surface area contributed by atoms with Crippen molar-refractivity contribution in [1.82, 2.24) is 0 Å². The summed E-state index contributed by atoms with van der Waals surface area (Å²) in [4.78, 5) is 22.6. The molecule has 0 saturated carbocycles. The molecule has 3 aromatic carbocycles. The van der Waals surface area contributed by atoms with Crippen LogP contribution in [0.2, 0.25) is 0 Å². The van der Waals surface area contributed by atoms with Crippen molar-refractivity contribution < 1.29 is 14.5 Å².